The minimum Gasteiger partial charge on any atom is -0.432 e. The molecule has 1 aliphatic carbocycles. The monoisotopic (exact) mass is 632 g/mol. The summed E-state index contributed by atoms with van der Waals surface area (Å²) < 4.78 is 22.7. The van der Waals surface area contributed by atoms with Crippen molar-refractivity contribution >= 4 is 41.0 Å². The van der Waals surface area contributed by atoms with Gasteiger partial charge in [-0.3, -0.25) is 19.2 Å². The van der Waals surface area contributed by atoms with Crippen molar-refractivity contribution in [2.75, 3.05) is 23.0 Å². The minimum absolute atomic E-state index is 0.279. The highest BCUT2D eigenvalue weighted by molar-refractivity contribution is 6.28. The molecule has 0 radical (unpaired) electrons. The smallest absolute Gasteiger partial charge is 0.340 e. The molecule has 46 heavy (non-hydrogen) atoms. The Labute approximate surface area is 266 Å². The van der Waals surface area contributed by atoms with Crippen LogP contribution in [0.15, 0.2) is 72.8 Å². The zero-order valence-corrected chi connectivity index (χ0v) is 25.6. The minimum atomic E-state index is -1.24. The van der Waals surface area contributed by atoms with Gasteiger partial charge in [-0.15, -0.1) is 0 Å². The second kappa shape index (κ2) is 14.7. The number of imide groups is 2. The summed E-state index contributed by atoms with van der Waals surface area (Å²) in [6.45, 7) is 4.31. The van der Waals surface area contributed by atoms with Crippen LogP contribution in [0.25, 0.3) is 0 Å². The van der Waals surface area contributed by atoms with E-state index in [9.17, 15) is 29.1 Å². The van der Waals surface area contributed by atoms with Gasteiger partial charge >= 0.3 is 5.97 Å². The van der Waals surface area contributed by atoms with Gasteiger partial charge in [0.05, 0.1) is 30.2 Å². The summed E-state index contributed by atoms with van der Waals surface area (Å²) in [6, 6.07) is 12.4. The van der Waals surface area contributed by atoms with Gasteiger partial charge in [0.2, 0.25) is 0 Å². The standard InChI is InChI=1S/C34H36N2O10/c1-21(45-33(41)25-7-11-27(12-8-25)35-29(37)15-16-30(35)38)43-19-23-3-5-24(6-4-23)20-44-22(2)46-34(42)26-9-13-28(14-10-26)36-31(39)17-18-32(36)40/h7-18,21-24,33,41H,3-6,19-20H2,1-2H3. The van der Waals surface area contributed by atoms with Crippen LogP contribution in [0, 0.1) is 11.8 Å². The lowest BCUT2D eigenvalue weighted by Crippen LogP contribution is -2.29. The highest BCUT2D eigenvalue weighted by Gasteiger charge is 2.27. The third kappa shape index (κ3) is 8.01. The Kier molecular flexibility index (Phi) is 10.5. The molecule has 5 rings (SSSR count). The molecule has 242 valence electrons. The number of hydrogen-bond donors (Lipinski definition) is 1. The van der Waals surface area contributed by atoms with Crippen molar-refractivity contribution in [2.24, 2.45) is 11.8 Å². The van der Waals surface area contributed by atoms with E-state index in [1.165, 1.54) is 48.6 Å². The number of carbonyl (C=O) groups is 5. The van der Waals surface area contributed by atoms with Crippen molar-refractivity contribution in [2.45, 2.75) is 58.4 Å². The van der Waals surface area contributed by atoms with Crippen LogP contribution in [0.1, 0.15) is 61.7 Å². The Balaban J connectivity index is 0.964. The number of esters is 1. The van der Waals surface area contributed by atoms with Gasteiger partial charge in [-0.25, -0.2) is 14.6 Å². The number of aliphatic hydroxyl groups is 1. The van der Waals surface area contributed by atoms with Crippen LogP contribution in [-0.4, -0.2) is 60.5 Å². The topological polar surface area (TPSA) is 149 Å². The molecule has 2 aromatic carbocycles. The molecule has 0 spiro atoms. The van der Waals surface area contributed by atoms with Gasteiger partial charge < -0.3 is 24.1 Å². The quantitative estimate of drug-likeness (QED) is 0.196. The Bertz CT molecular complexity index is 1470. The summed E-state index contributed by atoms with van der Waals surface area (Å²) in [4.78, 5) is 62.0. The van der Waals surface area contributed by atoms with E-state index in [0.29, 0.717) is 42.0 Å². The Morgan fingerprint density at radius 3 is 1.57 bits per heavy atom. The van der Waals surface area contributed by atoms with Crippen molar-refractivity contribution in [1.82, 2.24) is 0 Å². The van der Waals surface area contributed by atoms with E-state index < -0.39 is 48.5 Å². The van der Waals surface area contributed by atoms with Gasteiger partial charge in [-0.05, 0) is 87.8 Å². The first-order valence-corrected chi connectivity index (χ1v) is 15.2. The van der Waals surface area contributed by atoms with Gasteiger partial charge in [0.15, 0.2) is 18.9 Å². The second-order valence-electron chi connectivity index (χ2n) is 11.4. The van der Waals surface area contributed by atoms with E-state index in [1.807, 2.05) is 0 Å². The van der Waals surface area contributed by atoms with Crippen LogP contribution in [0.5, 0.6) is 0 Å². The molecular weight excluding hydrogens is 596 g/mol. The second-order valence-corrected chi connectivity index (χ2v) is 11.4. The molecule has 2 aromatic rings. The predicted octanol–water partition coefficient (Wildman–Crippen LogP) is 3.94. The Morgan fingerprint density at radius 2 is 1.11 bits per heavy atom. The molecule has 1 N–H and O–H groups in total. The summed E-state index contributed by atoms with van der Waals surface area (Å²) in [7, 11) is 0. The van der Waals surface area contributed by atoms with Crippen molar-refractivity contribution < 1.29 is 48.0 Å². The normalized spacial score (nSPS) is 21.6. The third-order valence-corrected chi connectivity index (χ3v) is 8.11. The van der Waals surface area contributed by atoms with Gasteiger partial charge in [-0.1, -0.05) is 12.1 Å². The maximum absolute atomic E-state index is 12.5. The molecule has 0 aromatic heterocycles. The zero-order valence-electron chi connectivity index (χ0n) is 25.6. The lowest BCUT2D eigenvalue weighted by atomic mass is 9.83. The summed E-state index contributed by atoms with van der Waals surface area (Å²) >= 11 is 0. The predicted molar refractivity (Wildman–Crippen MR) is 164 cm³/mol. The van der Waals surface area contributed by atoms with Gasteiger partial charge in [0, 0.05) is 29.9 Å². The number of nitrogens with zero attached hydrogens (tertiary/aromatic N) is 2. The molecular formula is C34H36N2O10. The van der Waals surface area contributed by atoms with Crippen LogP contribution in [0.2, 0.25) is 0 Å². The fourth-order valence-corrected chi connectivity index (χ4v) is 5.50. The number of ether oxygens (including phenoxy) is 4. The highest BCUT2D eigenvalue weighted by Crippen LogP contribution is 2.30. The molecule has 1 fully saturated rings. The number of aliphatic hydroxyl groups excluding tert-OH is 1. The summed E-state index contributed by atoms with van der Waals surface area (Å²) in [5, 5.41) is 10.5. The van der Waals surface area contributed by atoms with Crippen LogP contribution < -0.4 is 9.80 Å². The fourth-order valence-electron chi connectivity index (χ4n) is 5.50. The number of amides is 4. The maximum atomic E-state index is 12.5. The average molecular weight is 633 g/mol. The van der Waals surface area contributed by atoms with Crippen molar-refractivity contribution in [3.63, 3.8) is 0 Å². The molecule has 0 saturated heterocycles. The SMILES string of the molecule is CC(OCC1CCC(COC(C)OC(O)c2ccc(N3C(=O)C=CC3=O)cc2)CC1)OC(=O)c1ccc(N2C(=O)C=CC2=O)cc1. The summed E-state index contributed by atoms with van der Waals surface area (Å²) in [5.74, 6) is -1.60. The molecule has 12 nitrogen and oxygen atoms in total. The van der Waals surface area contributed by atoms with Crippen molar-refractivity contribution in [3.05, 3.63) is 84.0 Å². The summed E-state index contributed by atoms with van der Waals surface area (Å²) in [5.41, 5.74) is 1.53. The molecule has 2 heterocycles. The van der Waals surface area contributed by atoms with E-state index >= 15 is 0 Å². The molecule has 1 saturated carbocycles. The number of carbonyl (C=O) groups excluding carboxylic acids is 5. The average Bonchev–Trinajstić information content (AvgIpc) is 3.57. The van der Waals surface area contributed by atoms with E-state index in [2.05, 4.69) is 0 Å². The molecule has 0 bridgehead atoms. The maximum Gasteiger partial charge on any atom is 0.340 e. The molecule has 12 heteroatoms. The van der Waals surface area contributed by atoms with Gasteiger partial charge in [-0.2, -0.15) is 0 Å². The number of benzene rings is 2. The first-order chi connectivity index (χ1) is 22.1. The van der Waals surface area contributed by atoms with E-state index in [4.69, 9.17) is 18.9 Å². The van der Waals surface area contributed by atoms with Crippen molar-refractivity contribution in [3.8, 4) is 0 Å². The van der Waals surface area contributed by atoms with Crippen LogP contribution in [-0.2, 0) is 38.1 Å². The van der Waals surface area contributed by atoms with E-state index in [-0.39, 0.29) is 5.56 Å². The van der Waals surface area contributed by atoms with Gasteiger partial charge in [0.25, 0.3) is 23.6 Å². The molecule has 2 aliphatic heterocycles. The first-order valence-electron chi connectivity index (χ1n) is 15.2. The molecule has 3 unspecified atom stereocenters. The Hall–Kier alpha value is -4.49. The summed E-state index contributed by atoms with van der Waals surface area (Å²) in [6.07, 6.45) is 5.91. The largest absolute Gasteiger partial charge is 0.432 e. The van der Waals surface area contributed by atoms with Crippen LogP contribution in [0.4, 0.5) is 11.4 Å². The van der Waals surface area contributed by atoms with Gasteiger partial charge in [0.1, 0.15) is 0 Å². The molecule has 3 aliphatic rings. The number of hydrogen-bond acceptors (Lipinski definition) is 10. The first kappa shape index (κ1) is 32.9. The lowest BCUT2D eigenvalue weighted by Gasteiger charge is -2.30. The lowest BCUT2D eigenvalue weighted by molar-refractivity contribution is -0.228. The van der Waals surface area contributed by atoms with E-state index in [0.717, 1.165) is 35.5 Å². The molecule has 3 atom stereocenters. The van der Waals surface area contributed by atoms with E-state index in [1.54, 1.807) is 38.1 Å². The number of rotatable bonds is 13. The number of anilines is 2. The molecule has 4 amide bonds. The van der Waals surface area contributed by atoms with Crippen LogP contribution >= 0.6 is 0 Å². The Morgan fingerprint density at radius 1 is 0.696 bits per heavy atom. The highest BCUT2D eigenvalue weighted by atomic mass is 16.7. The third-order valence-electron chi connectivity index (χ3n) is 8.11. The fraction of sp³-hybridized carbons (Fsp3) is 0.382. The van der Waals surface area contributed by atoms with Crippen molar-refractivity contribution in [1.29, 1.82) is 0 Å². The van der Waals surface area contributed by atoms with Crippen LogP contribution in [0.3, 0.4) is 0 Å². The zero-order chi connectivity index (χ0) is 32.8.